The molecule has 1 N–H and O–H groups in total. The fourth-order valence-electron chi connectivity index (χ4n) is 2.88. The van der Waals surface area contributed by atoms with Gasteiger partial charge in [0.2, 0.25) is 5.91 Å². The maximum Gasteiger partial charge on any atom is 0.327 e. The van der Waals surface area contributed by atoms with Gasteiger partial charge in [-0.3, -0.25) is 9.69 Å². The van der Waals surface area contributed by atoms with E-state index in [0.29, 0.717) is 22.2 Å². The van der Waals surface area contributed by atoms with Crippen LogP contribution in [0.15, 0.2) is 48.5 Å². The number of benzene rings is 2. The molecule has 0 saturated heterocycles. The third kappa shape index (κ3) is 3.97. The quantitative estimate of drug-likeness (QED) is 0.752. The van der Waals surface area contributed by atoms with Gasteiger partial charge in [-0.2, -0.15) is 0 Å². The maximum absolute atomic E-state index is 12.9. The Morgan fingerprint density at radius 1 is 1.31 bits per heavy atom. The average Bonchev–Trinajstić information content (AvgIpc) is 3.00. The van der Waals surface area contributed by atoms with E-state index in [4.69, 9.17) is 15.8 Å². The first kappa shape index (κ1) is 18.6. The number of para-hydroxylation sites is 1. The summed E-state index contributed by atoms with van der Waals surface area (Å²) < 4.78 is 5.56. The molecule has 2 aromatic rings. The Balaban J connectivity index is 1.69. The molecule has 3 rings (SSSR count). The van der Waals surface area contributed by atoms with Gasteiger partial charge >= 0.3 is 5.97 Å². The normalized spacial score (nSPS) is 16.8. The fourth-order valence-corrected chi connectivity index (χ4v) is 3.74. The second-order valence-electron chi connectivity index (χ2n) is 6.12. The number of nitrogens with zero attached hydrogens (tertiary/aromatic N) is 1. The molecule has 0 saturated carbocycles. The van der Waals surface area contributed by atoms with E-state index >= 15 is 0 Å². The van der Waals surface area contributed by atoms with Gasteiger partial charge in [-0.25, -0.2) is 4.79 Å². The fraction of sp³-hybridized carbons (Fsp3) is 0.263. The number of anilines is 1. The highest BCUT2D eigenvalue weighted by Gasteiger charge is 2.40. The van der Waals surface area contributed by atoms with Gasteiger partial charge in [-0.15, -0.1) is 0 Å². The Morgan fingerprint density at radius 3 is 2.73 bits per heavy atom. The number of hydrogen-bond donors (Lipinski definition) is 1. The van der Waals surface area contributed by atoms with Crippen LogP contribution in [0, 0.1) is 5.92 Å². The molecule has 1 aliphatic rings. The van der Waals surface area contributed by atoms with Crippen molar-refractivity contribution in [3.63, 3.8) is 0 Å². The highest BCUT2D eigenvalue weighted by molar-refractivity contribution is 7.95. The summed E-state index contributed by atoms with van der Waals surface area (Å²) >= 11 is 7.18. The van der Waals surface area contributed by atoms with E-state index in [1.807, 2.05) is 30.3 Å². The van der Waals surface area contributed by atoms with Crippen molar-refractivity contribution in [2.24, 2.45) is 5.92 Å². The number of hydrogen-bond acceptors (Lipinski definition) is 4. The summed E-state index contributed by atoms with van der Waals surface area (Å²) in [6.45, 7) is 1.77. The Bertz CT molecular complexity index is 814. The van der Waals surface area contributed by atoms with Crippen LogP contribution in [-0.4, -0.2) is 28.8 Å². The molecule has 7 heteroatoms. The van der Waals surface area contributed by atoms with Crippen LogP contribution < -0.4 is 9.08 Å². The SMILES string of the molecule is CC(CSOc1ccccc1)C(=O)N1c2ccc(Cl)cc2CC1C(=O)O. The van der Waals surface area contributed by atoms with E-state index in [1.54, 1.807) is 25.1 Å². The minimum absolute atomic E-state index is 0.234. The Morgan fingerprint density at radius 2 is 2.04 bits per heavy atom. The highest BCUT2D eigenvalue weighted by atomic mass is 35.5. The first-order valence-electron chi connectivity index (χ1n) is 8.16. The molecular weight excluding hydrogens is 374 g/mol. The van der Waals surface area contributed by atoms with Gasteiger partial charge in [-0.05, 0) is 35.9 Å². The molecule has 1 aliphatic heterocycles. The lowest BCUT2D eigenvalue weighted by Gasteiger charge is -2.25. The predicted octanol–water partition coefficient (Wildman–Crippen LogP) is 4.05. The number of rotatable bonds is 6. The molecule has 0 spiro atoms. The van der Waals surface area contributed by atoms with E-state index in [-0.39, 0.29) is 12.3 Å². The van der Waals surface area contributed by atoms with Gasteiger partial charge in [0, 0.05) is 28.8 Å². The zero-order chi connectivity index (χ0) is 18.7. The summed E-state index contributed by atoms with van der Waals surface area (Å²) in [5.74, 6) is -0.526. The second-order valence-corrected chi connectivity index (χ2v) is 7.29. The lowest BCUT2D eigenvalue weighted by Crippen LogP contribution is -2.45. The monoisotopic (exact) mass is 391 g/mol. The molecule has 5 nitrogen and oxygen atoms in total. The molecule has 1 heterocycles. The van der Waals surface area contributed by atoms with Crippen LogP contribution in [0.2, 0.25) is 5.02 Å². The lowest BCUT2D eigenvalue weighted by atomic mass is 10.1. The van der Waals surface area contributed by atoms with Gasteiger partial charge in [0.15, 0.2) is 0 Å². The van der Waals surface area contributed by atoms with Crippen LogP contribution in [-0.2, 0) is 16.0 Å². The Kier molecular flexibility index (Phi) is 5.74. The molecule has 0 aromatic heterocycles. The minimum Gasteiger partial charge on any atom is -0.480 e. The van der Waals surface area contributed by atoms with E-state index in [0.717, 1.165) is 5.56 Å². The van der Waals surface area contributed by atoms with Crippen LogP contribution in [0.3, 0.4) is 0 Å². The number of aliphatic carboxylic acids is 1. The first-order chi connectivity index (χ1) is 12.5. The third-order valence-electron chi connectivity index (χ3n) is 4.19. The van der Waals surface area contributed by atoms with Gasteiger partial charge in [0.1, 0.15) is 11.8 Å². The molecule has 0 bridgehead atoms. The van der Waals surface area contributed by atoms with Crippen LogP contribution >= 0.6 is 23.6 Å². The summed E-state index contributed by atoms with van der Waals surface area (Å²) in [7, 11) is 0. The zero-order valence-electron chi connectivity index (χ0n) is 14.1. The maximum atomic E-state index is 12.9. The molecule has 0 fully saturated rings. The number of amides is 1. The van der Waals surface area contributed by atoms with E-state index < -0.39 is 17.9 Å². The van der Waals surface area contributed by atoms with Crippen LogP contribution in [0.25, 0.3) is 0 Å². The van der Waals surface area contributed by atoms with Gasteiger partial charge in [-0.1, -0.05) is 36.7 Å². The Hall–Kier alpha value is -2.18. The molecule has 2 atom stereocenters. The molecule has 2 aromatic carbocycles. The number of fused-ring (bicyclic) bond motifs is 1. The summed E-state index contributed by atoms with van der Waals surface area (Å²) in [6, 6.07) is 13.5. The zero-order valence-corrected chi connectivity index (χ0v) is 15.7. The number of carboxylic acids is 1. The van der Waals surface area contributed by atoms with Crippen LogP contribution in [0.5, 0.6) is 5.75 Å². The van der Waals surface area contributed by atoms with Crippen molar-refractivity contribution in [3.8, 4) is 5.75 Å². The number of carboxylic acid groups (broad SMARTS) is 1. The standard InChI is InChI=1S/C19H18ClNO4S/c1-12(11-26-25-15-5-3-2-4-6-15)18(22)21-16-8-7-14(20)9-13(16)10-17(21)19(23)24/h2-9,12,17H,10-11H2,1H3,(H,23,24). The van der Waals surface area contributed by atoms with Gasteiger partial charge < -0.3 is 9.29 Å². The van der Waals surface area contributed by atoms with E-state index in [1.165, 1.54) is 16.9 Å². The summed E-state index contributed by atoms with van der Waals surface area (Å²) in [5, 5.41) is 10.1. The van der Waals surface area contributed by atoms with Crippen LogP contribution in [0.4, 0.5) is 5.69 Å². The highest BCUT2D eigenvalue weighted by Crippen LogP contribution is 2.35. The van der Waals surface area contributed by atoms with E-state index in [2.05, 4.69) is 0 Å². The van der Waals surface area contributed by atoms with Crippen molar-refractivity contribution >= 4 is 41.2 Å². The summed E-state index contributed by atoms with van der Waals surface area (Å²) in [5.41, 5.74) is 1.39. The van der Waals surface area contributed by atoms with Crippen molar-refractivity contribution in [2.75, 3.05) is 10.7 Å². The second kappa shape index (κ2) is 8.01. The smallest absolute Gasteiger partial charge is 0.327 e. The minimum atomic E-state index is -1.02. The van der Waals surface area contributed by atoms with Gasteiger partial charge in [0.25, 0.3) is 0 Å². The van der Waals surface area contributed by atoms with Crippen molar-refractivity contribution in [3.05, 3.63) is 59.1 Å². The van der Waals surface area contributed by atoms with Crippen molar-refractivity contribution in [2.45, 2.75) is 19.4 Å². The third-order valence-corrected chi connectivity index (χ3v) is 5.37. The average molecular weight is 392 g/mol. The largest absolute Gasteiger partial charge is 0.480 e. The number of carbonyl (C=O) groups is 2. The molecule has 136 valence electrons. The Labute approximate surface area is 161 Å². The van der Waals surface area contributed by atoms with Gasteiger partial charge in [0.05, 0.1) is 12.0 Å². The predicted molar refractivity (Wildman–Crippen MR) is 103 cm³/mol. The molecule has 1 amide bonds. The number of carbonyl (C=O) groups excluding carboxylic acids is 1. The molecule has 0 radical (unpaired) electrons. The molecule has 2 unspecified atom stereocenters. The van der Waals surface area contributed by atoms with Crippen molar-refractivity contribution in [1.82, 2.24) is 0 Å². The molecular formula is C19H18ClNO4S. The molecule has 0 aliphatic carbocycles. The number of halogens is 1. The summed E-state index contributed by atoms with van der Waals surface area (Å²) in [6.07, 6.45) is 0.261. The summed E-state index contributed by atoms with van der Waals surface area (Å²) in [4.78, 5) is 25.9. The van der Waals surface area contributed by atoms with Crippen molar-refractivity contribution < 1.29 is 18.9 Å². The molecule has 26 heavy (non-hydrogen) atoms. The van der Waals surface area contributed by atoms with E-state index in [9.17, 15) is 14.7 Å². The topological polar surface area (TPSA) is 66.8 Å². The van der Waals surface area contributed by atoms with Crippen LogP contribution in [0.1, 0.15) is 12.5 Å². The van der Waals surface area contributed by atoms with Crippen molar-refractivity contribution in [1.29, 1.82) is 0 Å². The lowest BCUT2D eigenvalue weighted by molar-refractivity contribution is -0.140. The first-order valence-corrected chi connectivity index (χ1v) is 9.45.